The Balaban J connectivity index is 1.71. The second-order valence-electron chi connectivity index (χ2n) is 8.47. The lowest BCUT2D eigenvalue weighted by Gasteiger charge is -2.30. The number of para-hydroxylation sites is 1. The molecular formula is C22H30N4O3. The van der Waals surface area contributed by atoms with Gasteiger partial charge in [0.2, 0.25) is 5.91 Å². The summed E-state index contributed by atoms with van der Waals surface area (Å²) in [6.45, 7) is 7.70. The Bertz CT molecular complexity index is 857. The van der Waals surface area contributed by atoms with E-state index in [0.29, 0.717) is 12.2 Å². The fraction of sp³-hybridized carbons (Fsp3) is 0.500. The molecule has 3 rings (SSSR count). The number of alkyl carbamates (subject to hydrolysis) is 1. The normalized spacial score (nSPS) is 16.2. The van der Waals surface area contributed by atoms with Crippen LogP contribution in [0.2, 0.25) is 0 Å². The summed E-state index contributed by atoms with van der Waals surface area (Å²) in [4.78, 5) is 31.9. The zero-order valence-electron chi connectivity index (χ0n) is 17.4. The summed E-state index contributed by atoms with van der Waals surface area (Å²) < 4.78 is 5.35. The van der Waals surface area contributed by atoms with E-state index in [9.17, 15) is 9.59 Å². The van der Waals surface area contributed by atoms with Crippen molar-refractivity contribution in [2.75, 3.05) is 25.0 Å². The van der Waals surface area contributed by atoms with Gasteiger partial charge in [-0.15, -0.1) is 0 Å². The average molecular weight is 399 g/mol. The van der Waals surface area contributed by atoms with Crippen LogP contribution in [0.4, 0.5) is 10.5 Å². The van der Waals surface area contributed by atoms with Crippen LogP contribution in [-0.4, -0.2) is 53.2 Å². The van der Waals surface area contributed by atoms with Crippen molar-refractivity contribution in [3.05, 3.63) is 36.5 Å². The van der Waals surface area contributed by atoms with Crippen LogP contribution < -0.4 is 10.6 Å². The molecule has 7 nitrogen and oxygen atoms in total. The number of nitrogens with zero attached hydrogens (tertiary/aromatic N) is 2. The molecule has 2 aromatic rings. The second kappa shape index (κ2) is 9.22. The number of carbonyl (C=O) groups is 2. The first-order valence-electron chi connectivity index (χ1n) is 10.2. The van der Waals surface area contributed by atoms with Gasteiger partial charge in [0.15, 0.2) is 0 Å². The van der Waals surface area contributed by atoms with E-state index < -0.39 is 17.7 Å². The molecule has 1 aromatic heterocycles. The molecule has 1 atom stereocenters. The summed E-state index contributed by atoms with van der Waals surface area (Å²) in [6, 6.07) is 8.89. The van der Waals surface area contributed by atoms with Crippen LogP contribution in [0.3, 0.4) is 0 Å². The minimum Gasteiger partial charge on any atom is -0.444 e. The molecule has 1 fully saturated rings. The zero-order valence-corrected chi connectivity index (χ0v) is 17.4. The number of ether oxygens (including phenoxy) is 1. The number of likely N-dealkylation sites (tertiary alicyclic amines) is 1. The van der Waals surface area contributed by atoms with Crippen molar-refractivity contribution < 1.29 is 14.3 Å². The maximum atomic E-state index is 13.0. The largest absolute Gasteiger partial charge is 0.444 e. The number of aromatic nitrogens is 1. The Kier molecular flexibility index (Phi) is 6.69. The number of benzene rings is 1. The van der Waals surface area contributed by atoms with Crippen molar-refractivity contribution in [1.29, 1.82) is 0 Å². The average Bonchev–Trinajstić information content (AvgIpc) is 2.66. The van der Waals surface area contributed by atoms with E-state index in [4.69, 9.17) is 4.74 Å². The molecule has 0 radical (unpaired) electrons. The minimum atomic E-state index is -0.713. The Morgan fingerprint density at radius 3 is 2.62 bits per heavy atom. The highest BCUT2D eigenvalue weighted by Crippen LogP contribution is 2.17. The number of fused-ring (bicyclic) bond motifs is 1. The van der Waals surface area contributed by atoms with Crippen LogP contribution in [0.15, 0.2) is 36.5 Å². The molecule has 2 N–H and O–H groups in total. The van der Waals surface area contributed by atoms with Crippen molar-refractivity contribution in [1.82, 2.24) is 15.2 Å². The molecule has 1 aliphatic rings. The fourth-order valence-electron chi connectivity index (χ4n) is 3.41. The maximum Gasteiger partial charge on any atom is 0.408 e. The van der Waals surface area contributed by atoms with Gasteiger partial charge in [-0.05, 0) is 58.8 Å². The Morgan fingerprint density at radius 2 is 1.90 bits per heavy atom. The number of rotatable bonds is 5. The highest BCUT2D eigenvalue weighted by Gasteiger charge is 2.27. The minimum absolute atomic E-state index is 0.279. The fourth-order valence-corrected chi connectivity index (χ4v) is 3.41. The van der Waals surface area contributed by atoms with Crippen LogP contribution in [0.5, 0.6) is 0 Å². The number of anilines is 1. The lowest BCUT2D eigenvalue weighted by atomic mass is 10.1. The molecule has 0 spiro atoms. The van der Waals surface area contributed by atoms with E-state index in [1.54, 1.807) is 27.0 Å². The second-order valence-corrected chi connectivity index (χ2v) is 8.47. The third-order valence-electron chi connectivity index (χ3n) is 4.75. The molecule has 2 heterocycles. The van der Waals surface area contributed by atoms with E-state index in [-0.39, 0.29) is 5.91 Å². The van der Waals surface area contributed by atoms with Crippen molar-refractivity contribution in [3.63, 3.8) is 0 Å². The van der Waals surface area contributed by atoms with Gasteiger partial charge in [-0.2, -0.15) is 0 Å². The van der Waals surface area contributed by atoms with Crippen LogP contribution in [0.1, 0.15) is 40.0 Å². The first-order valence-corrected chi connectivity index (χ1v) is 10.2. The van der Waals surface area contributed by atoms with Gasteiger partial charge in [-0.25, -0.2) is 4.79 Å². The van der Waals surface area contributed by atoms with Gasteiger partial charge in [-0.3, -0.25) is 9.78 Å². The summed E-state index contributed by atoms with van der Waals surface area (Å²) in [5, 5.41) is 6.58. The van der Waals surface area contributed by atoms with Gasteiger partial charge < -0.3 is 20.3 Å². The van der Waals surface area contributed by atoms with Crippen LogP contribution in [-0.2, 0) is 9.53 Å². The van der Waals surface area contributed by atoms with Crippen LogP contribution >= 0.6 is 0 Å². The monoisotopic (exact) mass is 398 g/mol. The molecular weight excluding hydrogens is 368 g/mol. The molecule has 1 aromatic carbocycles. The van der Waals surface area contributed by atoms with Gasteiger partial charge in [0.05, 0.1) is 17.4 Å². The summed E-state index contributed by atoms with van der Waals surface area (Å²) in [7, 11) is 0. The summed E-state index contributed by atoms with van der Waals surface area (Å²) in [5.41, 5.74) is 0.837. The number of hydrogen-bond acceptors (Lipinski definition) is 5. The van der Waals surface area contributed by atoms with Gasteiger partial charge >= 0.3 is 6.09 Å². The lowest BCUT2D eigenvalue weighted by molar-refractivity contribution is -0.118. The molecule has 1 saturated heterocycles. The number of amides is 2. The predicted octanol–water partition coefficient (Wildman–Crippen LogP) is 3.55. The third kappa shape index (κ3) is 6.42. The first-order chi connectivity index (χ1) is 13.8. The van der Waals surface area contributed by atoms with Crippen molar-refractivity contribution in [2.45, 2.75) is 51.7 Å². The Labute approximate surface area is 171 Å². The highest BCUT2D eigenvalue weighted by molar-refractivity contribution is 5.98. The van der Waals surface area contributed by atoms with Crippen molar-refractivity contribution in [3.8, 4) is 0 Å². The predicted molar refractivity (Wildman–Crippen MR) is 114 cm³/mol. The SMILES string of the molecule is CC(C)(C)OC(=O)NC(CN1CCCCC1)C(=O)Nc1cnc2ccccc2c1. The van der Waals surface area contributed by atoms with E-state index in [1.807, 2.05) is 30.3 Å². The van der Waals surface area contributed by atoms with E-state index in [1.165, 1.54) is 6.42 Å². The molecule has 0 aliphatic carbocycles. The van der Waals surface area contributed by atoms with Crippen molar-refractivity contribution in [2.24, 2.45) is 0 Å². The van der Waals surface area contributed by atoms with Gasteiger partial charge in [0, 0.05) is 11.9 Å². The molecule has 7 heteroatoms. The quantitative estimate of drug-likeness (QED) is 0.805. The standard InChI is InChI=1S/C22H30N4O3/c1-22(2,3)29-21(28)25-19(15-26-11-7-4-8-12-26)20(27)24-17-13-16-9-5-6-10-18(16)23-14-17/h5-6,9-10,13-14,19H,4,7-8,11-12,15H2,1-3H3,(H,24,27)(H,25,28). The molecule has 0 saturated carbocycles. The number of pyridine rings is 1. The molecule has 0 bridgehead atoms. The summed E-state index contributed by atoms with van der Waals surface area (Å²) >= 11 is 0. The smallest absolute Gasteiger partial charge is 0.408 e. The summed E-state index contributed by atoms with van der Waals surface area (Å²) in [5.74, 6) is -0.279. The third-order valence-corrected chi connectivity index (χ3v) is 4.75. The van der Waals surface area contributed by atoms with Gasteiger partial charge in [0.25, 0.3) is 0 Å². The Hall–Kier alpha value is -2.67. The molecule has 2 amide bonds. The van der Waals surface area contributed by atoms with E-state index in [0.717, 1.165) is 36.8 Å². The number of piperidine rings is 1. The molecule has 1 unspecified atom stereocenters. The highest BCUT2D eigenvalue weighted by atomic mass is 16.6. The number of nitrogens with one attached hydrogen (secondary N) is 2. The molecule has 1 aliphatic heterocycles. The van der Waals surface area contributed by atoms with E-state index >= 15 is 0 Å². The number of carbonyl (C=O) groups excluding carboxylic acids is 2. The number of hydrogen-bond donors (Lipinski definition) is 2. The van der Waals surface area contributed by atoms with Crippen LogP contribution in [0.25, 0.3) is 10.9 Å². The Morgan fingerprint density at radius 1 is 1.17 bits per heavy atom. The van der Waals surface area contributed by atoms with E-state index in [2.05, 4.69) is 20.5 Å². The molecule has 29 heavy (non-hydrogen) atoms. The zero-order chi connectivity index (χ0) is 20.9. The lowest BCUT2D eigenvalue weighted by Crippen LogP contribution is -2.52. The van der Waals surface area contributed by atoms with Gasteiger partial charge in [-0.1, -0.05) is 24.6 Å². The topological polar surface area (TPSA) is 83.6 Å². The molecule has 156 valence electrons. The van der Waals surface area contributed by atoms with Crippen LogP contribution in [0, 0.1) is 0 Å². The maximum absolute atomic E-state index is 13.0. The summed E-state index contributed by atoms with van der Waals surface area (Å²) in [6.07, 6.45) is 4.46. The van der Waals surface area contributed by atoms with Crippen molar-refractivity contribution >= 4 is 28.6 Å². The van der Waals surface area contributed by atoms with Gasteiger partial charge in [0.1, 0.15) is 11.6 Å². The first kappa shape index (κ1) is 21.0.